The topological polar surface area (TPSA) is 97.4 Å². The number of hydrogen-bond donors (Lipinski definition) is 2. The lowest BCUT2D eigenvalue weighted by atomic mass is 10.1. The Balaban J connectivity index is 1.42. The minimum Gasteiger partial charge on any atom is -0.497 e. The summed E-state index contributed by atoms with van der Waals surface area (Å²) in [4.78, 5) is 17.3. The molecule has 4 aromatic rings. The Kier molecular flexibility index (Phi) is 6.67. The highest BCUT2D eigenvalue weighted by Crippen LogP contribution is 2.27. The van der Waals surface area contributed by atoms with Gasteiger partial charge in [-0.05, 0) is 79.6 Å². The van der Waals surface area contributed by atoms with E-state index in [2.05, 4.69) is 34.9 Å². The molecule has 0 unspecified atom stereocenters. The van der Waals surface area contributed by atoms with Gasteiger partial charge in [0.25, 0.3) is 15.9 Å². The van der Waals surface area contributed by atoms with Gasteiger partial charge in [-0.15, -0.1) is 11.3 Å². The predicted molar refractivity (Wildman–Crippen MR) is 135 cm³/mol. The normalized spacial score (nSPS) is 11.1. The van der Waals surface area contributed by atoms with Gasteiger partial charge in [-0.2, -0.15) is 0 Å². The first-order valence-electron chi connectivity index (χ1n) is 10.4. The van der Waals surface area contributed by atoms with E-state index in [0.717, 1.165) is 11.3 Å². The second-order valence-corrected chi connectivity index (χ2v) is 10.2. The highest BCUT2D eigenvalue weighted by Gasteiger charge is 2.15. The molecule has 1 amide bonds. The molecule has 3 aromatic carbocycles. The van der Waals surface area contributed by atoms with Crippen LogP contribution in [-0.2, 0) is 10.0 Å². The Morgan fingerprint density at radius 1 is 0.941 bits per heavy atom. The number of carbonyl (C=O) groups excluding carboxylic acids is 1. The van der Waals surface area contributed by atoms with E-state index in [9.17, 15) is 13.2 Å². The van der Waals surface area contributed by atoms with Gasteiger partial charge >= 0.3 is 0 Å². The Hall–Kier alpha value is -3.69. The summed E-state index contributed by atoms with van der Waals surface area (Å²) in [7, 11) is -2.25. The number of aromatic nitrogens is 1. The minimum absolute atomic E-state index is 0.110. The molecule has 7 nitrogen and oxygen atoms in total. The van der Waals surface area contributed by atoms with E-state index in [1.54, 1.807) is 36.4 Å². The molecule has 34 heavy (non-hydrogen) atoms. The van der Waals surface area contributed by atoms with Crippen LogP contribution in [0.3, 0.4) is 0 Å². The van der Waals surface area contributed by atoms with Crippen LogP contribution in [0.15, 0.2) is 77.0 Å². The third-order valence-corrected chi connectivity index (χ3v) is 7.45. The van der Waals surface area contributed by atoms with E-state index < -0.39 is 10.0 Å². The molecule has 0 radical (unpaired) electrons. The number of sulfonamides is 1. The van der Waals surface area contributed by atoms with Crippen molar-refractivity contribution in [2.45, 2.75) is 18.7 Å². The number of hydrogen-bond acceptors (Lipinski definition) is 6. The number of aryl methyl sites for hydroxylation is 2. The van der Waals surface area contributed by atoms with E-state index in [-0.39, 0.29) is 10.8 Å². The molecule has 0 aliphatic heterocycles. The van der Waals surface area contributed by atoms with Crippen molar-refractivity contribution in [1.82, 2.24) is 4.98 Å². The first-order chi connectivity index (χ1) is 16.2. The first-order valence-corrected chi connectivity index (χ1v) is 12.7. The van der Waals surface area contributed by atoms with Crippen LogP contribution in [-0.4, -0.2) is 26.4 Å². The largest absolute Gasteiger partial charge is 0.497 e. The van der Waals surface area contributed by atoms with Crippen LogP contribution in [0.4, 0.5) is 10.8 Å². The zero-order chi connectivity index (χ0) is 24.3. The van der Waals surface area contributed by atoms with Crippen LogP contribution in [0.5, 0.6) is 5.75 Å². The summed E-state index contributed by atoms with van der Waals surface area (Å²) in [5.41, 5.74) is 4.91. The molecule has 0 spiro atoms. The summed E-state index contributed by atoms with van der Waals surface area (Å²) < 4.78 is 32.7. The van der Waals surface area contributed by atoms with Gasteiger partial charge in [-0.25, -0.2) is 13.4 Å². The van der Waals surface area contributed by atoms with Crippen molar-refractivity contribution < 1.29 is 17.9 Å². The van der Waals surface area contributed by atoms with Crippen molar-refractivity contribution in [1.29, 1.82) is 0 Å². The molecular weight excluding hydrogens is 470 g/mol. The highest BCUT2D eigenvalue weighted by molar-refractivity contribution is 7.92. The quantitative estimate of drug-likeness (QED) is 0.355. The third kappa shape index (κ3) is 5.27. The van der Waals surface area contributed by atoms with Crippen LogP contribution < -0.4 is 14.8 Å². The van der Waals surface area contributed by atoms with E-state index >= 15 is 0 Å². The maximum atomic E-state index is 12.6. The molecule has 0 saturated heterocycles. The van der Waals surface area contributed by atoms with Gasteiger partial charge in [-0.3, -0.25) is 14.8 Å². The van der Waals surface area contributed by atoms with Crippen molar-refractivity contribution in [2.75, 3.05) is 17.1 Å². The second kappa shape index (κ2) is 9.66. The molecule has 0 atom stereocenters. The number of methoxy groups -OCH3 is 1. The van der Waals surface area contributed by atoms with Crippen molar-refractivity contribution >= 4 is 38.1 Å². The van der Waals surface area contributed by atoms with Gasteiger partial charge < -0.3 is 4.74 Å². The van der Waals surface area contributed by atoms with Crippen molar-refractivity contribution in [3.63, 3.8) is 0 Å². The van der Waals surface area contributed by atoms with Gasteiger partial charge in [0.05, 0.1) is 17.7 Å². The molecule has 1 heterocycles. The number of amides is 1. The van der Waals surface area contributed by atoms with Gasteiger partial charge in [0, 0.05) is 22.2 Å². The number of thiazole rings is 1. The van der Waals surface area contributed by atoms with Crippen LogP contribution in [0.2, 0.25) is 0 Å². The molecule has 4 rings (SSSR count). The fourth-order valence-electron chi connectivity index (χ4n) is 3.19. The average molecular weight is 494 g/mol. The Labute approximate surface area is 202 Å². The molecule has 0 bridgehead atoms. The summed E-state index contributed by atoms with van der Waals surface area (Å²) in [5, 5.41) is 5.18. The van der Waals surface area contributed by atoms with Crippen molar-refractivity contribution in [3.8, 4) is 17.0 Å². The van der Waals surface area contributed by atoms with Gasteiger partial charge in [0.2, 0.25) is 0 Å². The zero-order valence-corrected chi connectivity index (χ0v) is 20.5. The molecule has 0 aliphatic rings. The minimum atomic E-state index is -3.76. The average Bonchev–Trinajstić information content (AvgIpc) is 3.29. The van der Waals surface area contributed by atoms with E-state index in [4.69, 9.17) is 4.74 Å². The van der Waals surface area contributed by atoms with Gasteiger partial charge in [0.1, 0.15) is 5.75 Å². The van der Waals surface area contributed by atoms with Crippen molar-refractivity contribution in [2.24, 2.45) is 0 Å². The van der Waals surface area contributed by atoms with E-state index in [1.807, 2.05) is 17.5 Å². The van der Waals surface area contributed by atoms with Crippen LogP contribution in [0, 0.1) is 13.8 Å². The van der Waals surface area contributed by atoms with Gasteiger partial charge in [0.15, 0.2) is 5.13 Å². The molecule has 0 aliphatic carbocycles. The lowest BCUT2D eigenvalue weighted by Gasteiger charge is -2.09. The van der Waals surface area contributed by atoms with Crippen molar-refractivity contribution in [3.05, 3.63) is 88.8 Å². The predicted octanol–water partition coefficient (Wildman–Crippen LogP) is 5.49. The smallest absolute Gasteiger partial charge is 0.261 e. The maximum Gasteiger partial charge on any atom is 0.261 e. The molecule has 2 N–H and O–H groups in total. The number of nitrogens with one attached hydrogen (secondary N) is 2. The number of ether oxygens (including phenoxy) is 1. The molecule has 0 fully saturated rings. The Morgan fingerprint density at radius 2 is 1.65 bits per heavy atom. The lowest BCUT2D eigenvalue weighted by Crippen LogP contribution is -2.14. The fraction of sp³-hybridized carbons (Fsp3) is 0.120. The first kappa shape index (κ1) is 23.5. The Bertz CT molecular complexity index is 1430. The van der Waals surface area contributed by atoms with Crippen LogP contribution >= 0.6 is 11.3 Å². The van der Waals surface area contributed by atoms with Crippen LogP contribution in [0.25, 0.3) is 11.3 Å². The molecule has 9 heteroatoms. The number of nitrogens with zero attached hydrogens (tertiary/aromatic N) is 1. The monoisotopic (exact) mass is 493 g/mol. The summed E-state index contributed by atoms with van der Waals surface area (Å²) in [6.45, 7) is 4.11. The number of benzene rings is 3. The molecular formula is C25H23N3O4S2. The number of carbonyl (C=O) groups is 1. The molecule has 174 valence electrons. The second-order valence-electron chi connectivity index (χ2n) is 7.65. The fourth-order valence-corrected chi connectivity index (χ4v) is 4.97. The number of anilines is 2. The summed E-state index contributed by atoms with van der Waals surface area (Å²) in [6.07, 6.45) is 0. The zero-order valence-electron chi connectivity index (χ0n) is 18.8. The SMILES string of the molecule is COc1ccc(S(=O)(=O)Nc2ccc(C(=O)Nc3nc(-c4ccc(C)c(C)c4)cs3)cc2)cc1. The standard InChI is InChI=1S/C25H23N3O4S2/c1-16-4-5-19(14-17(16)2)23-15-33-25(26-23)27-24(29)18-6-8-20(9-7-18)28-34(30,31)22-12-10-21(32-3)11-13-22/h4-15,28H,1-3H3,(H,26,27,29). The molecule has 0 saturated carbocycles. The lowest BCUT2D eigenvalue weighted by molar-refractivity contribution is 0.102. The Morgan fingerprint density at radius 3 is 2.29 bits per heavy atom. The third-order valence-electron chi connectivity index (χ3n) is 5.30. The summed E-state index contributed by atoms with van der Waals surface area (Å²) >= 11 is 1.35. The number of rotatable bonds is 7. The summed E-state index contributed by atoms with van der Waals surface area (Å²) in [6, 6.07) is 18.4. The van der Waals surface area contributed by atoms with Crippen LogP contribution in [0.1, 0.15) is 21.5 Å². The summed E-state index contributed by atoms with van der Waals surface area (Å²) in [5.74, 6) is 0.237. The van der Waals surface area contributed by atoms with E-state index in [1.165, 1.54) is 41.7 Å². The van der Waals surface area contributed by atoms with Gasteiger partial charge in [-0.1, -0.05) is 12.1 Å². The highest BCUT2D eigenvalue weighted by atomic mass is 32.2. The molecule has 1 aromatic heterocycles. The van der Waals surface area contributed by atoms with E-state index in [0.29, 0.717) is 22.1 Å². The maximum absolute atomic E-state index is 12.6.